The highest BCUT2D eigenvalue weighted by Gasteiger charge is 2.20. The van der Waals surface area contributed by atoms with Gasteiger partial charge in [-0.25, -0.2) is 0 Å². The lowest BCUT2D eigenvalue weighted by Crippen LogP contribution is -2.33. The van der Waals surface area contributed by atoms with Gasteiger partial charge >= 0.3 is 0 Å². The molecule has 0 radical (unpaired) electrons. The second kappa shape index (κ2) is 8.35. The quantitative estimate of drug-likeness (QED) is 0.646. The third-order valence-electron chi connectivity index (χ3n) is 4.85. The van der Waals surface area contributed by atoms with E-state index in [0.29, 0.717) is 5.92 Å². The number of pyridine rings is 1. The molecule has 3 rings (SSSR count). The van der Waals surface area contributed by atoms with Crippen LogP contribution in [0.4, 0.5) is 0 Å². The smallest absolute Gasteiger partial charge is 0.260 e. The summed E-state index contributed by atoms with van der Waals surface area (Å²) in [5.41, 5.74) is 2.77. The molecule has 0 fully saturated rings. The number of hydrogen-bond donors (Lipinski definition) is 2. The Morgan fingerprint density at radius 2 is 1.81 bits per heavy atom. The summed E-state index contributed by atoms with van der Waals surface area (Å²) in [7, 11) is 0. The third-order valence-corrected chi connectivity index (χ3v) is 5.79. The molecule has 2 atom stereocenters. The summed E-state index contributed by atoms with van der Waals surface area (Å²) in [5, 5.41) is 5.01. The molecule has 140 valence electrons. The minimum absolute atomic E-state index is 0.124. The van der Waals surface area contributed by atoms with Gasteiger partial charge in [0.2, 0.25) is 0 Å². The van der Waals surface area contributed by atoms with Crippen molar-refractivity contribution in [3.63, 3.8) is 0 Å². The standard InChI is InChI=1S/C22H24N2O2S/c1-4-14(2)16-8-10-17(11-9-16)20(19-6-5-13-27-19)24-22(26)18-12-7-15(3)23-21(18)25/h5-14,20H,4H2,1-3H3,(H,23,25)(H,24,26). The van der Waals surface area contributed by atoms with Gasteiger partial charge in [-0.3, -0.25) is 9.59 Å². The molecule has 2 heterocycles. The van der Waals surface area contributed by atoms with Crippen molar-refractivity contribution >= 4 is 17.2 Å². The number of thiophene rings is 1. The second-order valence-corrected chi connectivity index (χ2v) is 7.76. The van der Waals surface area contributed by atoms with Gasteiger partial charge in [-0.05, 0) is 54.0 Å². The minimum Gasteiger partial charge on any atom is -0.340 e. The van der Waals surface area contributed by atoms with Gasteiger partial charge < -0.3 is 10.3 Å². The van der Waals surface area contributed by atoms with Crippen LogP contribution in [0.15, 0.2) is 58.7 Å². The maximum absolute atomic E-state index is 12.8. The highest BCUT2D eigenvalue weighted by atomic mass is 32.1. The first-order valence-electron chi connectivity index (χ1n) is 9.13. The van der Waals surface area contributed by atoms with Crippen LogP contribution >= 0.6 is 11.3 Å². The van der Waals surface area contributed by atoms with Crippen LogP contribution in [0.3, 0.4) is 0 Å². The predicted molar refractivity (Wildman–Crippen MR) is 111 cm³/mol. The van der Waals surface area contributed by atoms with E-state index < -0.39 is 0 Å². The number of carbonyl (C=O) groups excluding carboxylic acids is 1. The average Bonchev–Trinajstić information content (AvgIpc) is 3.20. The zero-order chi connectivity index (χ0) is 19.4. The molecule has 0 saturated heterocycles. The van der Waals surface area contributed by atoms with Gasteiger partial charge in [0.15, 0.2) is 0 Å². The Hall–Kier alpha value is -2.66. The van der Waals surface area contributed by atoms with Crippen LogP contribution in [0.5, 0.6) is 0 Å². The van der Waals surface area contributed by atoms with E-state index in [9.17, 15) is 9.59 Å². The van der Waals surface area contributed by atoms with Gasteiger partial charge in [-0.15, -0.1) is 11.3 Å². The first-order valence-corrected chi connectivity index (χ1v) is 10.0. The van der Waals surface area contributed by atoms with E-state index in [4.69, 9.17) is 0 Å². The first kappa shape index (κ1) is 19.1. The maximum Gasteiger partial charge on any atom is 0.260 e. The lowest BCUT2D eigenvalue weighted by molar-refractivity contribution is 0.0942. The van der Waals surface area contributed by atoms with Crippen LogP contribution < -0.4 is 10.9 Å². The van der Waals surface area contributed by atoms with E-state index in [1.54, 1.807) is 30.4 Å². The molecule has 1 aromatic carbocycles. The van der Waals surface area contributed by atoms with Gasteiger partial charge in [0.25, 0.3) is 11.5 Å². The molecule has 3 aromatic rings. The topological polar surface area (TPSA) is 62.0 Å². The molecule has 0 aliphatic rings. The summed E-state index contributed by atoms with van der Waals surface area (Å²) in [4.78, 5) is 28.6. The molecule has 2 unspecified atom stereocenters. The largest absolute Gasteiger partial charge is 0.340 e. The summed E-state index contributed by atoms with van der Waals surface area (Å²) in [5.74, 6) is 0.126. The van der Waals surface area contributed by atoms with E-state index in [0.717, 1.165) is 22.6 Å². The molecule has 1 amide bonds. The van der Waals surface area contributed by atoms with E-state index in [2.05, 4.69) is 48.4 Å². The van der Waals surface area contributed by atoms with Crippen LogP contribution in [0.1, 0.15) is 64.3 Å². The summed E-state index contributed by atoms with van der Waals surface area (Å²) in [6, 6.07) is 15.3. The van der Waals surface area contributed by atoms with Crippen LogP contribution in [0.2, 0.25) is 0 Å². The van der Waals surface area contributed by atoms with E-state index >= 15 is 0 Å². The molecule has 4 nitrogen and oxygen atoms in total. The van der Waals surface area contributed by atoms with Crippen LogP contribution in [-0.2, 0) is 0 Å². The first-order chi connectivity index (χ1) is 13.0. The van der Waals surface area contributed by atoms with Gasteiger partial charge in [-0.2, -0.15) is 0 Å². The molecule has 0 aliphatic carbocycles. The molecule has 0 bridgehead atoms. The monoisotopic (exact) mass is 380 g/mol. The molecular weight excluding hydrogens is 356 g/mol. The fourth-order valence-electron chi connectivity index (χ4n) is 2.99. The Labute approximate surface area is 163 Å². The number of aromatic nitrogens is 1. The molecule has 0 spiro atoms. The summed E-state index contributed by atoms with van der Waals surface area (Å²) >= 11 is 1.58. The number of rotatable bonds is 6. The summed E-state index contributed by atoms with van der Waals surface area (Å²) < 4.78 is 0. The molecular formula is C22H24N2O2S. The zero-order valence-corrected chi connectivity index (χ0v) is 16.6. The zero-order valence-electron chi connectivity index (χ0n) is 15.8. The Bertz CT molecular complexity index is 959. The number of carbonyl (C=O) groups is 1. The van der Waals surface area contributed by atoms with Gasteiger partial charge in [0.05, 0.1) is 6.04 Å². The number of benzene rings is 1. The fourth-order valence-corrected chi connectivity index (χ4v) is 3.79. The van der Waals surface area contributed by atoms with Crippen LogP contribution in [0.25, 0.3) is 0 Å². The van der Waals surface area contributed by atoms with Crippen molar-refractivity contribution in [2.75, 3.05) is 0 Å². The lowest BCUT2D eigenvalue weighted by atomic mass is 9.95. The normalized spacial score (nSPS) is 13.1. The molecule has 2 aromatic heterocycles. The van der Waals surface area contributed by atoms with E-state index in [1.165, 1.54) is 5.56 Å². The Morgan fingerprint density at radius 1 is 1.11 bits per heavy atom. The van der Waals surface area contributed by atoms with Crippen molar-refractivity contribution < 1.29 is 4.79 Å². The molecule has 0 aliphatic heterocycles. The highest BCUT2D eigenvalue weighted by Crippen LogP contribution is 2.28. The predicted octanol–water partition coefficient (Wildman–Crippen LogP) is 4.78. The second-order valence-electron chi connectivity index (χ2n) is 6.78. The Kier molecular flexibility index (Phi) is 5.91. The Balaban J connectivity index is 1.91. The summed E-state index contributed by atoms with van der Waals surface area (Å²) in [6.07, 6.45) is 1.08. The fraction of sp³-hybridized carbons (Fsp3) is 0.273. The average molecular weight is 381 g/mol. The number of H-pyrrole nitrogens is 1. The van der Waals surface area contributed by atoms with Crippen LogP contribution in [-0.4, -0.2) is 10.9 Å². The third kappa shape index (κ3) is 4.37. The van der Waals surface area contributed by atoms with Crippen molar-refractivity contribution in [1.29, 1.82) is 0 Å². The van der Waals surface area contributed by atoms with Crippen molar-refractivity contribution in [1.82, 2.24) is 10.3 Å². The minimum atomic E-state index is -0.374. The van der Waals surface area contributed by atoms with Crippen LogP contribution in [0, 0.1) is 6.92 Å². The molecule has 27 heavy (non-hydrogen) atoms. The Morgan fingerprint density at radius 3 is 2.41 bits per heavy atom. The highest BCUT2D eigenvalue weighted by molar-refractivity contribution is 7.10. The number of amides is 1. The molecule has 5 heteroatoms. The van der Waals surface area contributed by atoms with Gasteiger partial charge in [0, 0.05) is 10.6 Å². The number of nitrogens with one attached hydrogen (secondary N) is 2. The van der Waals surface area contributed by atoms with E-state index in [1.807, 2.05) is 17.5 Å². The van der Waals surface area contributed by atoms with Gasteiger partial charge in [0.1, 0.15) is 5.56 Å². The lowest BCUT2D eigenvalue weighted by Gasteiger charge is -2.19. The number of hydrogen-bond acceptors (Lipinski definition) is 3. The molecule has 2 N–H and O–H groups in total. The SMILES string of the molecule is CCC(C)c1ccc(C(NC(=O)c2ccc(C)[nH]c2=O)c2cccs2)cc1. The van der Waals surface area contributed by atoms with Crippen molar-refractivity contribution in [2.24, 2.45) is 0 Å². The van der Waals surface area contributed by atoms with E-state index in [-0.39, 0.29) is 23.1 Å². The number of aromatic amines is 1. The summed E-state index contributed by atoms with van der Waals surface area (Å²) in [6.45, 7) is 6.17. The molecule has 0 saturated carbocycles. The van der Waals surface area contributed by atoms with Crippen molar-refractivity contribution in [3.05, 3.63) is 91.5 Å². The van der Waals surface area contributed by atoms with Crippen molar-refractivity contribution in [2.45, 2.75) is 39.2 Å². The van der Waals surface area contributed by atoms with Gasteiger partial charge in [-0.1, -0.05) is 44.2 Å². The maximum atomic E-state index is 12.8. The number of aryl methyl sites for hydroxylation is 1. The van der Waals surface area contributed by atoms with Crippen molar-refractivity contribution in [3.8, 4) is 0 Å².